The second-order valence-electron chi connectivity index (χ2n) is 4.83. The van der Waals surface area contributed by atoms with Crippen LogP contribution in [-0.4, -0.2) is 6.61 Å². The molecule has 0 saturated heterocycles. The zero-order chi connectivity index (χ0) is 15.1. The Hall–Kier alpha value is -1.39. The fourth-order valence-corrected chi connectivity index (χ4v) is 2.44. The van der Waals surface area contributed by atoms with Gasteiger partial charge in [0.15, 0.2) is 0 Å². The molecule has 0 spiro atoms. The van der Waals surface area contributed by atoms with Gasteiger partial charge in [-0.25, -0.2) is 4.39 Å². The van der Waals surface area contributed by atoms with Crippen LogP contribution in [0, 0.1) is 5.82 Å². The highest BCUT2D eigenvalue weighted by Gasteiger charge is 2.05. The van der Waals surface area contributed by atoms with Crippen molar-refractivity contribution in [1.29, 1.82) is 0 Å². The minimum Gasteiger partial charge on any atom is -0.493 e. The highest BCUT2D eigenvalue weighted by Crippen LogP contribution is 2.23. The SMILES string of the molecule is CCCOc1ccc(Br)cc1CNCc1cccc(F)c1. The molecule has 0 saturated carbocycles. The van der Waals surface area contributed by atoms with Crippen molar-refractivity contribution in [2.24, 2.45) is 0 Å². The number of nitrogens with one attached hydrogen (secondary N) is 1. The van der Waals surface area contributed by atoms with Crippen molar-refractivity contribution in [1.82, 2.24) is 5.32 Å². The van der Waals surface area contributed by atoms with Gasteiger partial charge in [-0.2, -0.15) is 0 Å². The summed E-state index contributed by atoms with van der Waals surface area (Å²) in [6, 6.07) is 12.6. The molecule has 1 N–H and O–H groups in total. The maximum Gasteiger partial charge on any atom is 0.123 e. The molecule has 2 rings (SSSR count). The first-order chi connectivity index (χ1) is 10.2. The summed E-state index contributed by atoms with van der Waals surface area (Å²) < 4.78 is 19.9. The third kappa shape index (κ3) is 5.14. The Morgan fingerprint density at radius 3 is 2.76 bits per heavy atom. The topological polar surface area (TPSA) is 21.3 Å². The van der Waals surface area contributed by atoms with E-state index in [1.807, 2.05) is 24.3 Å². The standard InChI is InChI=1S/C17H19BrFNO/c1-2-8-21-17-7-6-15(18)10-14(17)12-20-11-13-4-3-5-16(19)9-13/h3-7,9-10,20H,2,8,11-12H2,1H3. The Kier molecular flexibility index (Phi) is 6.21. The predicted molar refractivity (Wildman–Crippen MR) is 86.9 cm³/mol. The molecule has 0 heterocycles. The largest absolute Gasteiger partial charge is 0.493 e. The lowest BCUT2D eigenvalue weighted by atomic mass is 10.2. The molecular formula is C17H19BrFNO. The predicted octanol–water partition coefficient (Wildman–Crippen LogP) is 4.67. The van der Waals surface area contributed by atoms with Crippen LogP contribution in [0.25, 0.3) is 0 Å². The minimum absolute atomic E-state index is 0.205. The summed E-state index contributed by atoms with van der Waals surface area (Å²) >= 11 is 3.48. The second-order valence-corrected chi connectivity index (χ2v) is 5.75. The molecular weight excluding hydrogens is 333 g/mol. The van der Waals surface area contributed by atoms with Crippen LogP contribution in [0.4, 0.5) is 4.39 Å². The third-order valence-corrected chi connectivity index (χ3v) is 3.51. The summed E-state index contributed by atoms with van der Waals surface area (Å²) in [5.74, 6) is 0.690. The van der Waals surface area contributed by atoms with Gasteiger partial charge < -0.3 is 10.1 Å². The van der Waals surface area contributed by atoms with Gasteiger partial charge in [0.05, 0.1) is 6.61 Å². The van der Waals surface area contributed by atoms with E-state index >= 15 is 0 Å². The lowest BCUT2D eigenvalue weighted by Crippen LogP contribution is -2.14. The van der Waals surface area contributed by atoms with E-state index in [1.54, 1.807) is 12.1 Å². The van der Waals surface area contributed by atoms with Crippen LogP contribution in [0.15, 0.2) is 46.9 Å². The Labute approximate surface area is 133 Å². The van der Waals surface area contributed by atoms with Crippen molar-refractivity contribution < 1.29 is 9.13 Å². The van der Waals surface area contributed by atoms with Crippen molar-refractivity contribution in [3.63, 3.8) is 0 Å². The number of halogens is 2. The molecule has 21 heavy (non-hydrogen) atoms. The van der Waals surface area contributed by atoms with Gasteiger partial charge in [-0.05, 0) is 42.3 Å². The van der Waals surface area contributed by atoms with E-state index in [0.29, 0.717) is 19.7 Å². The minimum atomic E-state index is -0.205. The summed E-state index contributed by atoms with van der Waals surface area (Å²) in [6.45, 7) is 4.09. The lowest BCUT2D eigenvalue weighted by Gasteiger charge is -2.12. The Morgan fingerprint density at radius 2 is 2.00 bits per heavy atom. The van der Waals surface area contributed by atoms with E-state index in [0.717, 1.165) is 27.8 Å². The third-order valence-electron chi connectivity index (χ3n) is 3.02. The quantitative estimate of drug-likeness (QED) is 0.782. The summed E-state index contributed by atoms with van der Waals surface area (Å²) in [7, 11) is 0. The average Bonchev–Trinajstić information content (AvgIpc) is 2.46. The molecule has 0 atom stereocenters. The summed E-state index contributed by atoms with van der Waals surface area (Å²) in [6.07, 6.45) is 0.978. The summed E-state index contributed by atoms with van der Waals surface area (Å²) in [5.41, 5.74) is 2.02. The van der Waals surface area contributed by atoms with E-state index in [9.17, 15) is 4.39 Å². The molecule has 2 aromatic carbocycles. The van der Waals surface area contributed by atoms with Gasteiger partial charge in [0, 0.05) is 23.1 Å². The van der Waals surface area contributed by atoms with E-state index in [1.165, 1.54) is 6.07 Å². The van der Waals surface area contributed by atoms with Crippen LogP contribution in [0.3, 0.4) is 0 Å². The maximum atomic E-state index is 13.1. The van der Waals surface area contributed by atoms with Crippen LogP contribution >= 0.6 is 15.9 Å². The molecule has 0 bridgehead atoms. The van der Waals surface area contributed by atoms with Crippen molar-refractivity contribution in [3.8, 4) is 5.75 Å². The zero-order valence-electron chi connectivity index (χ0n) is 12.0. The lowest BCUT2D eigenvalue weighted by molar-refractivity contribution is 0.313. The fraction of sp³-hybridized carbons (Fsp3) is 0.294. The van der Waals surface area contributed by atoms with Gasteiger partial charge in [-0.15, -0.1) is 0 Å². The molecule has 2 nitrogen and oxygen atoms in total. The van der Waals surface area contributed by atoms with E-state index in [-0.39, 0.29) is 5.82 Å². The van der Waals surface area contributed by atoms with Crippen LogP contribution in [0.1, 0.15) is 24.5 Å². The molecule has 0 aliphatic heterocycles. The molecule has 0 aromatic heterocycles. The number of hydrogen-bond acceptors (Lipinski definition) is 2. The highest BCUT2D eigenvalue weighted by atomic mass is 79.9. The maximum absolute atomic E-state index is 13.1. The van der Waals surface area contributed by atoms with Crippen LogP contribution in [0.5, 0.6) is 5.75 Å². The van der Waals surface area contributed by atoms with Gasteiger partial charge in [-0.3, -0.25) is 0 Å². The molecule has 4 heteroatoms. The van der Waals surface area contributed by atoms with Crippen LogP contribution in [-0.2, 0) is 13.1 Å². The van der Waals surface area contributed by atoms with E-state index < -0.39 is 0 Å². The smallest absolute Gasteiger partial charge is 0.123 e. The van der Waals surface area contributed by atoms with Gasteiger partial charge in [0.25, 0.3) is 0 Å². The van der Waals surface area contributed by atoms with Gasteiger partial charge in [0.2, 0.25) is 0 Å². The van der Waals surface area contributed by atoms with Crippen molar-refractivity contribution in [3.05, 3.63) is 63.9 Å². The number of benzene rings is 2. The monoisotopic (exact) mass is 351 g/mol. The second kappa shape index (κ2) is 8.15. The molecule has 0 radical (unpaired) electrons. The van der Waals surface area contributed by atoms with E-state index in [2.05, 4.69) is 28.2 Å². The first-order valence-electron chi connectivity index (χ1n) is 7.05. The van der Waals surface area contributed by atoms with Gasteiger partial charge >= 0.3 is 0 Å². The van der Waals surface area contributed by atoms with Crippen molar-refractivity contribution in [2.45, 2.75) is 26.4 Å². The van der Waals surface area contributed by atoms with Gasteiger partial charge in [-0.1, -0.05) is 35.0 Å². The highest BCUT2D eigenvalue weighted by molar-refractivity contribution is 9.10. The zero-order valence-corrected chi connectivity index (χ0v) is 13.6. The van der Waals surface area contributed by atoms with Crippen molar-refractivity contribution in [2.75, 3.05) is 6.61 Å². The van der Waals surface area contributed by atoms with Crippen molar-refractivity contribution >= 4 is 15.9 Å². The van der Waals surface area contributed by atoms with Gasteiger partial charge in [0.1, 0.15) is 11.6 Å². The van der Waals surface area contributed by atoms with Crippen LogP contribution in [0.2, 0.25) is 0 Å². The normalized spacial score (nSPS) is 10.6. The van der Waals surface area contributed by atoms with E-state index in [4.69, 9.17) is 4.74 Å². The van der Waals surface area contributed by atoms with Crippen LogP contribution < -0.4 is 10.1 Å². The fourth-order valence-electron chi connectivity index (χ4n) is 2.03. The molecule has 112 valence electrons. The first-order valence-corrected chi connectivity index (χ1v) is 7.84. The Morgan fingerprint density at radius 1 is 1.14 bits per heavy atom. The Bertz CT molecular complexity index is 589. The molecule has 0 aliphatic carbocycles. The Balaban J connectivity index is 1.97. The number of rotatable bonds is 7. The molecule has 0 aliphatic rings. The number of ether oxygens (including phenoxy) is 1. The average molecular weight is 352 g/mol. The molecule has 0 amide bonds. The summed E-state index contributed by atoms with van der Waals surface area (Å²) in [5, 5.41) is 3.32. The molecule has 2 aromatic rings. The summed E-state index contributed by atoms with van der Waals surface area (Å²) in [4.78, 5) is 0. The molecule has 0 fully saturated rings. The molecule has 0 unspecified atom stereocenters. The first kappa shape index (κ1) is 16.0. The number of hydrogen-bond donors (Lipinski definition) is 1.